The van der Waals surface area contributed by atoms with Gasteiger partial charge in [-0.05, 0) is 18.6 Å². The first kappa shape index (κ1) is 15.0. The predicted molar refractivity (Wildman–Crippen MR) is 83.8 cm³/mol. The molecule has 2 aromatic rings. The maximum atomic E-state index is 11.6. The zero-order valence-corrected chi connectivity index (χ0v) is 12.6. The largest absolute Gasteiger partial charge is 0.294 e. The molecule has 0 saturated carbocycles. The summed E-state index contributed by atoms with van der Waals surface area (Å²) in [6, 6.07) is 9.87. The number of hydrogen-bond acceptors (Lipinski definition) is 4. The van der Waals surface area contributed by atoms with E-state index in [2.05, 4.69) is 27.3 Å². The van der Waals surface area contributed by atoms with Gasteiger partial charge in [0.05, 0.1) is 18.4 Å². The topological polar surface area (TPSA) is 55.2 Å². The van der Waals surface area contributed by atoms with Crippen molar-refractivity contribution in [1.29, 1.82) is 0 Å². The number of benzene rings is 1. The molecule has 1 aliphatic heterocycles. The Kier molecular flexibility index (Phi) is 4.93. The summed E-state index contributed by atoms with van der Waals surface area (Å²) in [6.07, 6.45) is 2.10. The van der Waals surface area contributed by atoms with Gasteiger partial charge < -0.3 is 0 Å². The van der Waals surface area contributed by atoms with E-state index < -0.39 is 0 Å². The molecule has 2 heterocycles. The highest BCUT2D eigenvalue weighted by Gasteiger charge is 2.18. The molecular formula is C17H19N3O. The van der Waals surface area contributed by atoms with Crippen LogP contribution in [0.3, 0.4) is 0 Å². The van der Waals surface area contributed by atoms with Gasteiger partial charge in [0.2, 0.25) is 0 Å². The molecule has 0 spiro atoms. The van der Waals surface area contributed by atoms with E-state index in [0.29, 0.717) is 24.2 Å². The van der Waals surface area contributed by atoms with Gasteiger partial charge in [-0.25, -0.2) is 0 Å². The predicted octanol–water partition coefficient (Wildman–Crippen LogP) is 3.25. The van der Waals surface area contributed by atoms with Crippen LogP contribution in [0.1, 0.15) is 48.0 Å². The number of fused-ring (bicyclic) bond motifs is 1. The monoisotopic (exact) mass is 281 g/mol. The molecule has 3 rings (SSSR count). The summed E-state index contributed by atoms with van der Waals surface area (Å²) < 4.78 is 0. The average Bonchev–Trinajstić information content (AvgIpc) is 2.93. The summed E-state index contributed by atoms with van der Waals surface area (Å²) in [5, 5.41) is 7.95. The number of aliphatic imine (C=N–C) groups is 1. The highest BCUT2D eigenvalue weighted by Crippen LogP contribution is 2.21. The first-order chi connectivity index (χ1) is 10.3. The highest BCUT2D eigenvalue weighted by molar-refractivity contribution is 6.06. The van der Waals surface area contributed by atoms with Crippen molar-refractivity contribution in [1.82, 2.24) is 10.2 Å². The van der Waals surface area contributed by atoms with Crippen molar-refractivity contribution in [3.63, 3.8) is 0 Å². The summed E-state index contributed by atoms with van der Waals surface area (Å²) in [7, 11) is 0. The third-order valence-corrected chi connectivity index (χ3v) is 3.28. The minimum atomic E-state index is 0.0109. The van der Waals surface area contributed by atoms with Gasteiger partial charge in [0.25, 0.3) is 0 Å². The standard InChI is InChI=1S/C15H13N3O.C2H6/c1-10(19)12-6-7-17-18-15(12)8-14-13-5-3-2-4-11(13)9-16-14;1-2/h2-7H,8-9H2,1H3;1-2H3. The number of nitrogens with zero attached hydrogens (tertiary/aromatic N) is 3. The molecule has 0 radical (unpaired) electrons. The lowest BCUT2D eigenvalue weighted by atomic mass is 10.00. The quantitative estimate of drug-likeness (QED) is 0.811. The van der Waals surface area contributed by atoms with Crippen molar-refractivity contribution in [2.24, 2.45) is 4.99 Å². The summed E-state index contributed by atoms with van der Waals surface area (Å²) in [4.78, 5) is 16.1. The molecule has 1 aromatic heterocycles. The first-order valence-corrected chi connectivity index (χ1v) is 7.19. The second-order valence-corrected chi connectivity index (χ2v) is 4.54. The lowest BCUT2D eigenvalue weighted by Crippen LogP contribution is -2.10. The molecule has 0 unspecified atom stereocenters. The molecule has 0 bridgehead atoms. The Morgan fingerprint density at radius 1 is 1.19 bits per heavy atom. The fourth-order valence-corrected chi connectivity index (χ4v) is 2.33. The van der Waals surface area contributed by atoms with Crippen LogP contribution in [0.4, 0.5) is 0 Å². The zero-order chi connectivity index (χ0) is 15.2. The molecule has 0 saturated heterocycles. The lowest BCUT2D eigenvalue weighted by Gasteiger charge is -2.06. The fraction of sp³-hybridized carbons (Fsp3) is 0.294. The number of ketones is 1. The van der Waals surface area contributed by atoms with Gasteiger partial charge >= 0.3 is 0 Å². The van der Waals surface area contributed by atoms with Crippen LogP contribution in [0.15, 0.2) is 41.5 Å². The van der Waals surface area contributed by atoms with Gasteiger partial charge in [-0.15, -0.1) is 0 Å². The van der Waals surface area contributed by atoms with Crippen LogP contribution in [-0.4, -0.2) is 21.7 Å². The molecule has 0 N–H and O–H groups in total. The van der Waals surface area contributed by atoms with E-state index in [0.717, 1.165) is 11.3 Å². The van der Waals surface area contributed by atoms with E-state index in [1.54, 1.807) is 19.2 Å². The molecule has 108 valence electrons. The SMILES string of the molecule is CC.CC(=O)c1ccnnc1CC1=NCc2ccccc21. The average molecular weight is 281 g/mol. The van der Waals surface area contributed by atoms with Crippen molar-refractivity contribution in [3.05, 3.63) is 58.9 Å². The lowest BCUT2D eigenvalue weighted by molar-refractivity contribution is 0.101. The molecule has 0 atom stereocenters. The van der Waals surface area contributed by atoms with Crippen LogP contribution in [0.2, 0.25) is 0 Å². The Balaban J connectivity index is 0.000000774. The van der Waals surface area contributed by atoms with Gasteiger partial charge in [0.15, 0.2) is 5.78 Å². The first-order valence-electron chi connectivity index (χ1n) is 7.19. The number of carbonyl (C=O) groups excluding carboxylic acids is 1. The summed E-state index contributed by atoms with van der Waals surface area (Å²) in [5.74, 6) is 0.0109. The van der Waals surface area contributed by atoms with Gasteiger partial charge in [0.1, 0.15) is 0 Å². The normalized spacial score (nSPS) is 12.0. The molecule has 0 aliphatic carbocycles. The minimum Gasteiger partial charge on any atom is -0.294 e. The van der Waals surface area contributed by atoms with E-state index in [4.69, 9.17) is 0 Å². The molecule has 21 heavy (non-hydrogen) atoms. The Morgan fingerprint density at radius 2 is 1.95 bits per heavy atom. The minimum absolute atomic E-state index is 0.0109. The highest BCUT2D eigenvalue weighted by atomic mass is 16.1. The Hall–Kier alpha value is -2.36. The van der Waals surface area contributed by atoms with Crippen LogP contribution >= 0.6 is 0 Å². The molecule has 1 aliphatic rings. The van der Waals surface area contributed by atoms with E-state index in [1.807, 2.05) is 26.0 Å². The maximum absolute atomic E-state index is 11.6. The summed E-state index contributed by atoms with van der Waals surface area (Å²) >= 11 is 0. The van der Waals surface area contributed by atoms with Crippen molar-refractivity contribution in [3.8, 4) is 0 Å². The summed E-state index contributed by atoms with van der Waals surface area (Å²) in [5.41, 5.74) is 4.69. The zero-order valence-electron chi connectivity index (χ0n) is 12.6. The molecular weight excluding hydrogens is 262 g/mol. The van der Waals surface area contributed by atoms with Crippen molar-refractivity contribution >= 4 is 11.5 Å². The van der Waals surface area contributed by atoms with Crippen molar-refractivity contribution < 1.29 is 4.79 Å². The van der Waals surface area contributed by atoms with E-state index >= 15 is 0 Å². The Morgan fingerprint density at radius 3 is 2.71 bits per heavy atom. The van der Waals surface area contributed by atoms with Crippen LogP contribution in [0.5, 0.6) is 0 Å². The molecule has 4 nitrogen and oxygen atoms in total. The Labute approximate surface area is 125 Å². The van der Waals surface area contributed by atoms with Crippen LogP contribution < -0.4 is 0 Å². The Bertz CT molecular complexity index is 677. The van der Waals surface area contributed by atoms with Crippen LogP contribution in [0, 0.1) is 0 Å². The second kappa shape index (κ2) is 6.88. The van der Waals surface area contributed by atoms with E-state index in [-0.39, 0.29) is 5.78 Å². The maximum Gasteiger partial charge on any atom is 0.161 e. The number of aromatic nitrogens is 2. The van der Waals surface area contributed by atoms with Crippen LogP contribution in [0.25, 0.3) is 0 Å². The van der Waals surface area contributed by atoms with Gasteiger partial charge in [0, 0.05) is 23.3 Å². The fourth-order valence-electron chi connectivity index (χ4n) is 2.33. The number of rotatable bonds is 3. The van der Waals surface area contributed by atoms with Crippen molar-refractivity contribution in [2.75, 3.05) is 0 Å². The second-order valence-electron chi connectivity index (χ2n) is 4.54. The third-order valence-electron chi connectivity index (χ3n) is 3.28. The van der Waals surface area contributed by atoms with Crippen LogP contribution in [-0.2, 0) is 13.0 Å². The van der Waals surface area contributed by atoms with E-state index in [9.17, 15) is 4.79 Å². The number of carbonyl (C=O) groups is 1. The molecule has 0 amide bonds. The number of hydrogen-bond donors (Lipinski definition) is 0. The van der Waals surface area contributed by atoms with Crippen molar-refractivity contribution in [2.45, 2.75) is 33.7 Å². The third kappa shape index (κ3) is 3.21. The van der Waals surface area contributed by atoms with E-state index in [1.165, 1.54) is 5.56 Å². The molecule has 4 heteroatoms. The molecule has 1 aromatic carbocycles. The summed E-state index contributed by atoms with van der Waals surface area (Å²) in [6.45, 7) is 6.26. The van der Waals surface area contributed by atoms with Gasteiger partial charge in [-0.2, -0.15) is 10.2 Å². The molecule has 0 fully saturated rings. The van der Waals surface area contributed by atoms with Gasteiger partial charge in [-0.1, -0.05) is 38.1 Å². The number of Topliss-reactive ketones (excluding diaryl/α,β-unsaturated/α-hetero) is 1. The van der Waals surface area contributed by atoms with Gasteiger partial charge in [-0.3, -0.25) is 9.79 Å². The smallest absolute Gasteiger partial charge is 0.161 e.